The third-order valence-electron chi connectivity index (χ3n) is 6.45. The van der Waals surface area contributed by atoms with Crippen LogP contribution in [0.3, 0.4) is 0 Å². The highest BCUT2D eigenvalue weighted by molar-refractivity contribution is 7.86. The largest absolute Gasteiger partial charge is 0.413 e. The van der Waals surface area contributed by atoms with Crippen LogP contribution in [0.1, 0.15) is 61.0 Å². The molecule has 0 heterocycles. The Balaban J connectivity index is 2.87. The lowest BCUT2D eigenvalue weighted by Gasteiger charge is -2.42. The molecule has 0 unspecified atom stereocenters. The normalized spacial score (nSPS) is 18.3. The van der Waals surface area contributed by atoms with Gasteiger partial charge in [-0.3, -0.25) is 4.21 Å². The first kappa shape index (κ1) is 28.5. The van der Waals surface area contributed by atoms with Crippen molar-refractivity contribution < 1.29 is 18.5 Å². The standard InChI is InChI=1S/C25H46O4SSi/c1-19(16-28-17-21-14-12-11-13-15-21)23(26)20(2)22(18-30(27)24(3,4)5)29-31(9,10)25(6,7)8/h11-15,19-20,22-23,26H,16-18H2,1-10H3/t19-,20-,22+,23-,30+/m0/s1. The molecule has 0 aromatic heterocycles. The SMILES string of the molecule is C[C@H]([C@@H](O)[C@@H](C)COCc1ccccc1)[C@@H](C[S@@](=O)C(C)(C)C)O[Si](C)(C)C(C)(C)C. The maximum atomic E-state index is 13.0. The minimum absolute atomic E-state index is 0.0452. The number of rotatable bonds is 11. The molecule has 6 heteroatoms. The van der Waals surface area contributed by atoms with Crippen molar-refractivity contribution in [3.8, 4) is 0 Å². The van der Waals surface area contributed by atoms with Gasteiger partial charge in [0.25, 0.3) is 0 Å². The zero-order valence-corrected chi connectivity index (χ0v) is 23.2. The number of aliphatic hydroxyl groups is 1. The first-order valence-corrected chi connectivity index (χ1v) is 15.6. The highest BCUT2D eigenvalue weighted by Crippen LogP contribution is 2.39. The van der Waals surface area contributed by atoms with Gasteiger partial charge in [-0.15, -0.1) is 0 Å². The van der Waals surface area contributed by atoms with E-state index in [9.17, 15) is 9.32 Å². The topological polar surface area (TPSA) is 55.8 Å². The molecule has 0 bridgehead atoms. The van der Waals surface area contributed by atoms with Gasteiger partial charge in [-0.1, -0.05) is 65.0 Å². The molecule has 0 saturated heterocycles. The minimum atomic E-state index is -2.08. The lowest BCUT2D eigenvalue weighted by Crippen LogP contribution is -2.50. The number of hydrogen-bond acceptors (Lipinski definition) is 4. The fourth-order valence-corrected chi connectivity index (χ4v) is 5.72. The van der Waals surface area contributed by atoms with Crippen LogP contribution in [0, 0.1) is 11.8 Å². The number of ether oxygens (including phenoxy) is 1. The van der Waals surface area contributed by atoms with Gasteiger partial charge in [0, 0.05) is 33.1 Å². The van der Waals surface area contributed by atoms with Gasteiger partial charge in [-0.05, 0) is 44.5 Å². The van der Waals surface area contributed by atoms with Gasteiger partial charge in [0.05, 0.1) is 25.4 Å². The molecule has 0 spiro atoms. The molecule has 180 valence electrons. The molecule has 0 fully saturated rings. The zero-order chi connectivity index (χ0) is 24.0. The monoisotopic (exact) mass is 470 g/mol. The van der Waals surface area contributed by atoms with Crippen molar-refractivity contribution in [3.63, 3.8) is 0 Å². The second-order valence-electron chi connectivity index (χ2n) is 11.4. The summed E-state index contributed by atoms with van der Waals surface area (Å²) < 4.78 is 25.3. The Morgan fingerprint density at radius 1 is 1.03 bits per heavy atom. The van der Waals surface area contributed by atoms with Crippen molar-refractivity contribution in [3.05, 3.63) is 35.9 Å². The summed E-state index contributed by atoms with van der Waals surface area (Å²) in [5.74, 6) is 0.245. The number of hydrogen-bond donors (Lipinski definition) is 1. The van der Waals surface area contributed by atoms with Gasteiger partial charge in [0.1, 0.15) is 0 Å². The van der Waals surface area contributed by atoms with Crippen molar-refractivity contribution >= 4 is 19.1 Å². The van der Waals surface area contributed by atoms with Crippen molar-refractivity contribution in [1.29, 1.82) is 0 Å². The summed E-state index contributed by atoms with van der Waals surface area (Å²) in [6.45, 7) is 22.1. The molecule has 4 nitrogen and oxygen atoms in total. The number of aliphatic hydroxyl groups excluding tert-OH is 1. The Hall–Kier alpha value is -0.533. The maximum Gasteiger partial charge on any atom is 0.192 e. The molecule has 0 saturated carbocycles. The Labute approximate surface area is 194 Å². The minimum Gasteiger partial charge on any atom is -0.413 e. The van der Waals surface area contributed by atoms with E-state index in [2.05, 4.69) is 33.9 Å². The third-order valence-corrected chi connectivity index (χ3v) is 13.0. The van der Waals surface area contributed by atoms with Crippen molar-refractivity contribution in [2.24, 2.45) is 11.8 Å². The first-order valence-electron chi connectivity index (χ1n) is 11.4. The zero-order valence-electron chi connectivity index (χ0n) is 21.4. The molecule has 1 rings (SSSR count). The van der Waals surface area contributed by atoms with Gasteiger partial charge in [0.2, 0.25) is 0 Å². The molecule has 1 aromatic rings. The summed E-state index contributed by atoms with van der Waals surface area (Å²) in [6, 6.07) is 10.1. The smallest absolute Gasteiger partial charge is 0.192 e. The van der Waals surface area contributed by atoms with Crippen LogP contribution in [0.4, 0.5) is 0 Å². The molecular formula is C25H46O4SSi. The van der Waals surface area contributed by atoms with E-state index in [1.54, 1.807) is 0 Å². The molecule has 0 amide bonds. The van der Waals surface area contributed by atoms with Crippen LogP contribution in [-0.2, 0) is 26.6 Å². The van der Waals surface area contributed by atoms with Crippen LogP contribution in [0.2, 0.25) is 18.1 Å². The summed E-state index contributed by atoms with van der Waals surface area (Å²) in [5, 5.41) is 11.2. The van der Waals surface area contributed by atoms with E-state index in [1.165, 1.54) is 0 Å². The van der Waals surface area contributed by atoms with Gasteiger partial charge in [0.15, 0.2) is 8.32 Å². The third kappa shape index (κ3) is 9.08. The van der Waals surface area contributed by atoms with Crippen molar-refractivity contribution in [2.75, 3.05) is 12.4 Å². The van der Waals surface area contributed by atoms with Crippen molar-refractivity contribution in [1.82, 2.24) is 0 Å². The lowest BCUT2D eigenvalue weighted by atomic mass is 9.90. The average Bonchev–Trinajstić information content (AvgIpc) is 2.65. The summed E-state index contributed by atoms with van der Waals surface area (Å²) in [7, 11) is -3.14. The summed E-state index contributed by atoms with van der Waals surface area (Å²) in [6.07, 6.45) is -0.852. The fraction of sp³-hybridized carbons (Fsp3) is 0.760. The van der Waals surface area contributed by atoms with E-state index >= 15 is 0 Å². The van der Waals surface area contributed by atoms with Gasteiger partial charge in [-0.25, -0.2) is 0 Å². The van der Waals surface area contributed by atoms with Gasteiger partial charge >= 0.3 is 0 Å². The van der Waals surface area contributed by atoms with Crippen LogP contribution in [0.25, 0.3) is 0 Å². The Morgan fingerprint density at radius 2 is 1.58 bits per heavy atom. The molecule has 0 aliphatic heterocycles. The molecule has 0 aliphatic carbocycles. The molecular weight excluding hydrogens is 424 g/mol. The predicted octanol–water partition coefficient (Wildman–Crippen LogP) is 5.77. The summed E-state index contributed by atoms with van der Waals surface area (Å²) in [5.41, 5.74) is 1.12. The predicted molar refractivity (Wildman–Crippen MR) is 135 cm³/mol. The Morgan fingerprint density at radius 3 is 2.06 bits per heavy atom. The van der Waals surface area contributed by atoms with Crippen LogP contribution in [0.15, 0.2) is 30.3 Å². The van der Waals surface area contributed by atoms with Crippen molar-refractivity contribution in [2.45, 2.75) is 97.1 Å². The van der Waals surface area contributed by atoms with E-state index in [0.29, 0.717) is 19.0 Å². The van der Waals surface area contributed by atoms with Crippen LogP contribution < -0.4 is 0 Å². The Kier molecular flexibility index (Phi) is 10.6. The lowest BCUT2D eigenvalue weighted by molar-refractivity contribution is -0.0255. The van der Waals surface area contributed by atoms with E-state index in [1.807, 2.05) is 65.0 Å². The van der Waals surface area contributed by atoms with E-state index in [0.717, 1.165) is 5.56 Å². The van der Waals surface area contributed by atoms with E-state index in [4.69, 9.17) is 9.16 Å². The summed E-state index contributed by atoms with van der Waals surface area (Å²) >= 11 is 0. The van der Waals surface area contributed by atoms with Gasteiger partial charge in [-0.2, -0.15) is 0 Å². The Bertz CT molecular complexity index is 679. The fourth-order valence-electron chi connectivity index (χ4n) is 3.02. The van der Waals surface area contributed by atoms with E-state index < -0.39 is 25.2 Å². The second kappa shape index (κ2) is 11.6. The molecule has 1 N–H and O–H groups in total. The summed E-state index contributed by atoms with van der Waals surface area (Å²) in [4.78, 5) is 0. The molecule has 31 heavy (non-hydrogen) atoms. The number of benzene rings is 1. The van der Waals surface area contributed by atoms with Gasteiger partial charge < -0.3 is 14.3 Å². The first-order chi connectivity index (χ1) is 14.1. The highest BCUT2D eigenvalue weighted by atomic mass is 32.2. The van der Waals surface area contributed by atoms with Crippen LogP contribution in [-0.4, -0.2) is 46.9 Å². The van der Waals surface area contributed by atoms with E-state index in [-0.39, 0.29) is 27.7 Å². The molecule has 0 radical (unpaired) electrons. The highest BCUT2D eigenvalue weighted by Gasteiger charge is 2.42. The van der Waals surface area contributed by atoms with Crippen LogP contribution in [0.5, 0.6) is 0 Å². The molecule has 0 aliphatic rings. The molecule has 1 aromatic carbocycles. The van der Waals surface area contributed by atoms with Crippen LogP contribution >= 0.6 is 0 Å². The average molecular weight is 471 g/mol. The maximum absolute atomic E-state index is 13.0. The second-order valence-corrected chi connectivity index (χ2v) is 18.4. The molecule has 5 atom stereocenters. The quantitative estimate of drug-likeness (QED) is 0.417.